The van der Waals surface area contributed by atoms with Gasteiger partial charge in [-0.05, 0) is 11.5 Å². The summed E-state index contributed by atoms with van der Waals surface area (Å²) in [6.07, 6.45) is 2.03. The molecule has 0 fully saturated rings. The topological polar surface area (TPSA) is 12.9 Å². The second-order valence-electron chi connectivity index (χ2n) is 3.88. The summed E-state index contributed by atoms with van der Waals surface area (Å²) in [5.41, 5.74) is 2.12. The quantitative estimate of drug-likeness (QED) is 0.549. The van der Waals surface area contributed by atoms with Crippen molar-refractivity contribution in [1.82, 2.24) is 4.98 Å². The highest BCUT2D eigenvalue weighted by molar-refractivity contribution is 6.05. The molecule has 1 radical (unpaired) electrons. The number of rotatable bonds is 1. The van der Waals surface area contributed by atoms with E-state index >= 15 is 0 Å². The van der Waals surface area contributed by atoms with E-state index in [-0.39, 0.29) is 0 Å². The van der Waals surface area contributed by atoms with Crippen molar-refractivity contribution in [2.24, 2.45) is 0 Å². The molecule has 2 aromatic carbocycles. The van der Waals surface area contributed by atoms with Crippen molar-refractivity contribution in [2.45, 2.75) is 6.92 Å². The predicted octanol–water partition coefficient (Wildman–Crippen LogP) is 3.96. The van der Waals surface area contributed by atoms with Crippen molar-refractivity contribution in [1.29, 1.82) is 0 Å². The van der Waals surface area contributed by atoms with E-state index in [4.69, 9.17) is 0 Å². The van der Waals surface area contributed by atoms with Crippen LogP contribution in [0, 0.1) is 6.42 Å². The minimum absolute atomic E-state index is 1.03. The molecule has 1 heteroatoms. The average Bonchev–Trinajstić information content (AvgIpc) is 2.38. The SMILES string of the molecule is C[CH]c1ccc2ccc3ccccc3c2n1. The van der Waals surface area contributed by atoms with Gasteiger partial charge in [0.1, 0.15) is 0 Å². The van der Waals surface area contributed by atoms with E-state index in [1.54, 1.807) is 0 Å². The molecular formula is C15H12N. The van der Waals surface area contributed by atoms with Gasteiger partial charge in [0.25, 0.3) is 0 Å². The number of hydrogen-bond acceptors (Lipinski definition) is 1. The van der Waals surface area contributed by atoms with Crippen LogP contribution in [0.25, 0.3) is 21.7 Å². The Morgan fingerprint density at radius 3 is 2.50 bits per heavy atom. The molecule has 0 aliphatic heterocycles. The van der Waals surface area contributed by atoms with Crippen LogP contribution in [-0.2, 0) is 0 Å². The molecule has 0 saturated heterocycles. The van der Waals surface area contributed by atoms with Crippen molar-refractivity contribution >= 4 is 21.7 Å². The fourth-order valence-corrected chi connectivity index (χ4v) is 2.03. The molecule has 1 aromatic heterocycles. The third kappa shape index (κ3) is 1.36. The first-order chi connectivity index (χ1) is 7.88. The first kappa shape index (κ1) is 9.34. The largest absolute Gasteiger partial charge is 0.252 e. The highest BCUT2D eigenvalue weighted by Gasteiger charge is 2.01. The average molecular weight is 206 g/mol. The van der Waals surface area contributed by atoms with E-state index < -0.39 is 0 Å². The van der Waals surface area contributed by atoms with Gasteiger partial charge in [0.15, 0.2) is 0 Å². The summed E-state index contributed by atoms with van der Waals surface area (Å²) in [5.74, 6) is 0. The second kappa shape index (κ2) is 3.60. The van der Waals surface area contributed by atoms with E-state index in [0.29, 0.717) is 0 Å². The zero-order valence-electron chi connectivity index (χ0n) is 9.14. The van der Waals surface area contributed by atoms with Crippen LogP contribution in [0.1, 0.15) is 12.6 Å². The van der Waals surface area contributed by atoms with Crippen molar-refractivity contribution in [2.75, 3.05) is 0 Å². The maximum Gasteiger partial charge on any atom is 0.0783 e. The van der Waals surface area contributed by atoms with E-state index in [1.807, 2.05) is 13.3 Å². The molecule has 0 saturated carbocycles. The molecular weight excluding hydrogens is 194 g/mol. The van der Waals surface area contributed by atoms with Gasteiger partial charge in [-0.25, -0.2) is 0 Å². The molecule has 16 heavy (non-hydrogen) atoms. The fraction of sp³-hybridized carbons (Fsp3) is 0.0667. The molecule has 1 nitrogen and oxygen atoms in total. The van der Waals surface area contributed by atoms with Gasteiger partial charge in [0.05, 0.1) is 5.52 Å². The third-order valence-electron chi connectivity index (χ3n) is 2.90. The van der Waals surface area contributed by atoms with Crippen LogP contribution in [0.3, 0.4) is 0 Å². The number of hydrogen-bond donors (Lipinski definition) is 0. The van der Waals surface area contributed by atoms with Crippen molar-refractivity contribution in [3.63, 3.8) is 0 Å². The summed E-state index contributed by atoms with van der Waals surface area (Å²) < 4.78 is 0. The highest BCUT2D eigenvalue weighted by Crippen LogP contribution is 2.23. The summed E-state index contributed by atoms with van der Waals surface area (Å²) >= 11 is 0. The maximum atomic E-state index is 4.67. The number of fused-ring (bicyclic) bond motifs is 3. The maximum absolute atomic E-state index is 4.67. The molecule has 0 aliphatic rings. The van der Waals surface area contributed by atoms with Crippen LogP contribution in [-0.4, -0.2) is 4.98 Å². The van der Waals surface area contributed by atoms with Crippen LogP contribution in [0.15, 0.2) is 48.5 Å². The zero-order valence-corrected chi connectivity index (χ0v) is 9.14. The summed E-state index contributed by atoms with van der Waals surface area (Å²) in [6, 6.07) is 16.8. The monoisotopic (exact) mass is 206 g/mol. The predicted molar refractivity (Wildman–Crippen MR) is 68.3 cm³/mol. The lowest BCUT2D eigenvalue weighted by Crippen LogP contribution is -1.87. The van der Waals surface area contributed by atoms with Crippen molar-refractivity contribution in [3.8, 4) is 0 Å². The molecule has 0 bridgehead atoms. The number of nitrogens with zero attached hydrogens (tertiary/aromatic N) is 1. The molecule has 3 rings (SSSR count). The summed E-state index contributed by atoms with van der Waals surface area (Å²) in [7, 11) is 0. The molecule has 0 N–H and O–H groups in total. The van der Waals surface area contributed by atoms with E-state index in [0.717, 1.165) is 11.2 Å². The Kier molecular flexibility index (Phi) is 2.10. The van der Waals surface area contributed by atoms with Crippen LogP contribution in [0.2, 0.25) is 0 Å². The van der Waals surface area contributed by atoms with Gasteiger partial charge in [-0.15, -0.1) is 0 Å². The Balaban J connectivity index is 2.47. The summed E-state index contributed by atoms with van der Waals surface area (Å²) in [6.45, 7) is 2.01. The van der Waals surface area contributed by atoms with Crippen LogP contribution in [0.5, 0.6) is 0 Å². The van der Waals surface area contributed by atoms with Crippen LogP contribution in [0.4, 0.5) is 0 Å². The minimum Gasteiger partial charge on any atom is -0.252 e. The summed E-state index contributed by atoms with van der Waals surface area (Å²) in [4.78, 5) is 4.67. The molecule has 0 aliphatic carbocycles. The van der Waals surface area contributed by atoms with E-state index in [2.05, 4.69) is 53.5 Å². The van der Waals surface area contributed by atoms with Gasteiger partial charge in [0.2, 0.25) is 0 Å². The third-order valence-corrected chi connectivity index (χ3v) is 2.90. The lowest BCUT2D eigenvalue weighted by Gasteiger charge is -2.04. The Morgan fingerprint density at radius 1 is 0.875 bits per heavy atom. The Labute approximate surface area is 94.7 Å². The Bertz CT molecular complexity index is 656. The van der Waals surface area contributed by atoms with Gasteiger partial charge < -0.3 is 0 Å². The number of pyridine rings is 1. The first-order valence-electron chi connectivity index (χ1n) is 5.46. The Hall–Kier alpha value is -1.89. The molecule has 0 atom stereocenters. The van der Waals surface area contributed by atoms with Gasteiger partial charge in [0, 0.05) is 22.9 Å². The molecule has 77 valence electrons. The lowest BCUT2D eigenvalue weighted by atomic mass is 10.1. The lowest BCUT2D eigenvalue weighted by molar-refractivity contribution is 1.26. The van der Waals surface area contributed by atoms with E-state index in [9.17, 15) is 0 Å². The van der Waals surface area contributed by atoms with Gasteiger partial charge >= 0.3 is 0 Å². The van der Waals surface area contributed by atoms with Crippen molar-refractivity contribution < 1.29 is 0 Å². The molecule has 3 aromatic rings. The zero-order chi connectivity index (χ0) is 11.0. The van der Waals surface area contributed by atoms with Gasteiger partial charge in [-0.1, -0.05) is 49.4 Å². The molecule has 0 amide bonds. The van der Waals surface area contributed by atoms with E-state index in [1.165, 1.54) is 16.2 Å². The van der Waals surface area contributed by atoms with Crippen molar-refractivity contribution in [3.05, 3.63) is 60.6 Å². The van der Waals surface area contributed by atoms with Gasteiger partial charge in [-0.2, -0.15) is 0 Å². The highest BCUT2D eigenvalue weighted by atomic mass is 14.7. The van der Waals surface area contributed by atoms with Gasteiger partial charge in [-0.3, -0.25) is 4.98 Å². The Morgan fingerprint density at radius 2 is 1.62 bits per heavy atom. The second-order valence-corrected chi connectivity index (χ2v) is 3.88. The number of benzene rings is 2. The smallest absolute Gasteiger partial charge is 0.0783 e. The summed E-state index contributed by atoms with van der Waals surface area (Å²) in [5, 5.41) is 3.67. The standard InChI is InChI=1S/C15H12N/c1-2-13-10-9-12-8-7-11-5-3-4-6-14(11)15(12)16-13/h2-10H,1H3. The molecule has 0 unspecified atom stereocenters. The normalized spacial score (nSPS) is 11.1. The van der Waals surface area contributed by atoms with Crippen LogP contribution < -0.4 is 0 Å². The molecule has 0 spiro atoms. The number of aromatic nitrogens is 1. The minimum atomic E-state index is 1.03. The first-order valence-corrected chi connectivity index (χ1v) is 5.46. The van der Waals surface area contributed by atoms with Crippen LogP contribution >= 0.6 is 0 Å². The fourth-order valence-electron chi connectivity index (χ4n) is 2.03. The molecule has 1 heterocycles.